The summed E-state index contributed by atoms with van der Waals surface area (Å²) >= 11 is 1.45. The van der Waals surface area contributed by atoms with Crippen LogP contribution in [0.15, 0.2) is 12.1 Å². The molecule has 2 rings (SSSR count). The molecule has 0 saturated heterocycles. The van der Waals surface area contributed by atoms with Crippen molar-refractivity contribution in [3.63, 3.8) is 0 Å². The number of carboxylic acid groups (broad SMARTS) is 1. The van der Waals surface area contributed by atoms with Crippen LogP contribution in [-0.2, 0) is 0 Å². The molecule has 2 aromatic rings. The molecule has 0 fully saturated rings. The minimum atomic E-state index is -0.963. The molecule has 0 aliphatic heterocycles. The molecular weight excluding hydrogens is 264 g/mol. The van der Waals surface area contributed by atoms with Crippen LogP contribution in [0.4, 0.5) is 5.13 Å². The highest BCUT2D eigenvalue weighted by Crippen LogP contribution is 2.35. The number of aromatic nitrogens is 1. The summed E-state index contributed by atoms with van der Waals surface area (Å²) in [5.41, 5.74) is 0.935. The highest BCUT2D eigenvalue weighted by molar-refractivity contribution is 7.22. The minimum Gasteiger partial charge on any atom is -0.489 e. The lowest BCUT2D eigenvalue weighted by molar-refractivity contribution is 0.0696. The Labute approximate surface area is 115 Å². The predicted octanol–water partition coefficient (Wildman–Crippen LogP) is 2.85. The van der Waals surface area contributed by atoms with Gasteiger partial charge in [0, 0.05) is 14.1 Å². The van der Waals surface area contributed by atoms with Crippen molar-refractivity contribution < 1.29 is 14.6 Å². The molecule has 0 radical (unpaired) electrons. The monoisotopic (exact) mass is 280 g/mol. The molecule has 0 atom stereocenters. The molecule has 5 nitrogen and oxygen atoms in total. The fourth-order valence-electron chi connectivity index (χ4n) is 1.65. The van der Waals surface area contributed by atoms with Gasteiger partial charge in [0.25, 0.3) is 0 Å². The number of nitrogens with zero attached hydrogens (tertiary/aromatic N) is 2. The van der Waals surface area contributed by atoms with Gasteiger partial charge in [-0.3, -0.25) is 0 Å². The lowest BCUT2D eigenvalue weighted by Crippen LogP contribution is -2.08. The van der Waals surface area contributed by atoms with Gasteiger partial charge < -0.3 is 14.7 Å². The van der Waals surface area contributed by atoms with Crippen LogP contribution in [0, 0.1) is 0 Å². The largest absolute Gasteiger partial charge is 0.489 e. The Morgan fingerprint density at radius 3 is 2.63 bits per heavy atom. The van der Waals surface area contributed by atoms with Gasteiger partial charge in [-0.05, 0) is 26.0 Å². The Morgan fingerprint density at radius 2 is 2.11 bits per heavy atom. The fraction of sp³-hybridized carbons (Fsp3) is 0.385. The quantitative estimate of drug-likeness (QED) is 0.933. The van der Waals surface area contributed by atoms with Gasteiger partial charge in [-0.15, -0.1) is 0 Å². The highest BCUT2D eigenvalue weighted by atomic mass is 32.1. The zero-order valence-electron chi connectivity index (χ0n) is 11.3. The Balaban J connectivity index is 2.63. The molecule has 0 spiro atoms. The first kappa shape index (κ1) is 13.6. The number of aromatic carboxylic acids is 1. The molecule has 1 aromatic carbocycles. The number of hydrogen-bond donors (Lipinski definition) is 1. The van der Waals surface area contributed by atoms with Crippen LogP contribution in [0.5, 0.6) is 5.75 Å². The summed E-state index contributed by atoms with van der Waals surface area (Å²) in [5, 5.41) is 9.96. The average Bonchev–Trinajstić information content (AvgIpc) is 2.72. The first-order chi connectivity index (χ1) is 8.88. The number of carboxylic acids is 1. The number of benzene rings is 1. The van der Waals surface area contributed by atoms with E-state index in [9.17, 15) is 4.79 Å². The summed E-state index contributed by atoms with van der Waals surface area (Å²) in [5.74, 6) is -0.440. The average molecular weight is 280 g/mol. The molecule has 0 saturated carbocycles. The van der Waals surface area contributed by atoms with E-state index in [4.69, 9.17) is 9.84 Å². The second-order valence-electron chi connectivity index (χ2n) is 4.68. The molecule has 102 valence electrons. The highest BCUT2D eigenvalue weighted by Gasteiger charge is 2.16. The number of thiazole rings is 1. The van der Waals surface area contributed by atoms with Crippen LogP contribution in [0.3, 0.4) is 0 Å². The minimum absolute atomic E-state index is 0.0308. The summed E-state index contributed by atoms with van der Waals surface area (Å²) < 4.78 is 6.49. The number of fused-ring (bicyclic) bond motifs is 1. The second kappa shape index (κ2) is 5.05. The van der Waals surface area contributed by atoms with Crippen molar-refractivity contribution in [1.29, 1.82) is 0 Å². The molecule has 19 heavy (non-hydrogen) atoms. The summed E-state index contributed by atoms with van der Waals surface area (Å²) in [6.45, 7) is 3.80. The van der Waals surface area contributed by atoms with Crippen LogP contribution in [0.1, 0.15) is 24.2 Å². The molecule has 0 amide bonds. The van der Waals surface area contributed by atoms with E-state index in [2.05, 4.69) is 4.98 Å². The van der Waals surface area contributed by atoms with Gasteiger partial charge >= 0.3 is 5.97 Å². The molecular formula is C13H16N2O3S. The summed E-state index contributed by atoms with van der Waals surface area (Å²) in [4.78, 5) is 17.5. The topological polar surface area (TPSA) is 62.7 Å². The van der Waals surface area contributed by atoms with Crippen molar-refractivity contribution in [3.05, 3.63) is 17.7 Å². The first-order valence-electron chi connectivity index (χ1n) is 5.90. The Kier molecular flexibility index (Phi) is 3.61. The van der Waals surface area contributed by atoms with Crippen LogP contribution < -0.4 is 9.64 Å². The third kappa shape index (κ3) is 2.78. The van der Waals surface area contributed by atoms with E-state index in [0.29, 0.717) is 11.3 Å². The van der Waals surface area contributed by atoms with Gasteiger partial charge in [0.15, 0.2) is 5.13 Å². The van der Waals surface area contributed by atoms with Crippen molar-refractivity contribution in [2.75, 3.05) is 19.0 Å². The van der Waals surface area contributed by atoms with Gasteiger partial charge in [0.05, 0.1) is 16.4 Å². The number of rotatable bonds is 4. The summed E-state index contributed by atoms with van der Waals surface area (Å²) in [6, 6.07) is 3.17. The van der Waals surface area contributed by atoms with Crippen LogP contribution >= 0.6 is 11.3 Å². The van der Waals surface area contributed by atoms with Gasteiger partial charge in [0.1, 0.15) is 11.3 Å². The van der Waals surface area contributed by atoms with Crippen LogP contribution in [0.2, 0.25) is 0 Å². The Hall–Kier alpha value is -1.82. The first-order valence-corrected chi connectivity index (χ1v) is 6.72. The van der Waals surface area contributed by atoms with Gasteiger partial charge in [0.2, 0.25) is 0 Å². The van der Waals surface area contributed by atoms with E-state index >= 15 is 0 Å². The van der Waals surface area contributed by atoms with E-state index in [1.807, 2.05) is 32.8 Å². The smallest absolute Gasteiger partial charge is 0.335 e. The van der Waals surface area contributed by atoms with E-state index in [1.54, 1.807) is 6.07 Å². The van der Waals surface area contributed by atoms with E-state index in [0.717, 1.165) is 9.83 Å². The fourth-order valence-corrected chi connectivity index (χ4v) is 2.59. The van der Waals surface area contributed by atoms with E-state index < -0.39 is 5.97 Å². The maximum absolute atomic E-state index is 11.1. The lowest BCUT2D eigenvalue weighted by Gasteiger charge is -2.10. The number of carbonyl (C=O) groups is 1. The van der Waals surface area contributed by atoms with E-state index in [-0.39, 0.29) is 11.7 Å². The third-order valence-electron chi connectivity index (χ3n) is 2.44. The molecule has 0 aliphatic carbocycles. The molecule has 6 heteroatoms. The van der Waals surface area contributed by atoms with Crippen molar-refractivity contribution in [3.8, 4) is 5.75 Å². The Morgan fingerprint density at radius 1 is 1.42 bits per heavy atom. The molecule has 1 heterocycles. The molecule has 0 unspecified atom stereocenters. The van der Waals surface area contributed by atoms with Gasteiger partial charge in [-0.1, -0.05) is 11.3 Å². The molecule has 1 N–H and O–H groups in total. The second-order valence-corrected chi connectivity index (χ2v) is 5.69. The number of hydrogen-bond acceptors (Lipinski definition) is 5. The normalized spacial score (nSPS) is 11.0. The van der Waals surface area contributed by atoms with Gasteiger partial charge in [-0.2, -0.15) is 0 Å². The van der Waals surface area contributed by atoms with Crippen molar-refractivity contribution in [2.24, 2.45) is 0 Å². The zero-order valence-corrected chi connectivity index (χ0v) is 12.1. The predicted molar refractivity (Wildman–Crippen MR) is 76.7 cm³/mol. The maximum Gasteiger partial charge on any atom is 0.335 e. The Bertz CT molecular complexity index is 620. The molecule has 0 aliphatic rings. The maximum atomic E-state index is 11.1. The van der Waals surface area contributed by atoms with Gasteiger partial charge in [-0.25, -0.2) is 9.78 Å². The standard InChI is InChI=1S/C13H16N2O3S/c1-7(2)18-9-5-8(12(16)17)6-10-11(9)14-13(19-10)15(3)4/h5-7H,1-4H3,(H,16,17). The summed E-state index contributed by atoms with van der Waals surface area (Å²) in [7, 11) is 3.80. The van der Waals surface area contributed by atoms with Crippen LogP contribution in [-0.4, -0.2) is 36.3 Å². The summed E-state index contributed by atoms with van der Waals surface area (Å²) in [6.07, 6.45) is -0.0308. The number of anilines is 1. The third-order valence-corrected chi connectivity index (χ3v) is 3.61. The SMILES string of the molecule is CC(C)Oc1cc(C(=O)O)cc2sc(N(C)C)nc12. The number of ether oxygens (including phenoxy) is 1. The van der Waals surface area contributed by atoms with E-state index in [1.165, 1.54) is 17.4 Å². The molecule has 0 bridgehead atoms. The van der Waals surface area contributed by atoms with Crippen LogP contribution in [0.25, 0.3) is 10.2 Å². The van der Waals surface area contributed by atoms with Crippen molar-refractivity contribution in [2.45, 2.75) is 20.0 Å². The molecule has 1 aromatic heterocycles. The van der Waals surface area contributed by atoms with Crippen molar-refractivity contribution >= 4 is 32.7 Å². The zero-order chi connectivity index (χ0) is 14.2. The lowest BCUT2D eigenvalue weighted by atomic mass is 10.2. The van der Waals surface area contributed by atoms with Crippen molar-refractivity contribution in [1.82, 2.24) is 4.98 Å².